The molecule has 1 unspecified atom stereocenters. The van der Waals surface area contributed by atoms with Gasteiger partial charge in [0.15, 0.2) is 0 Å². The first-order chi connectivity index (χ1) is 8.70. The van der Waals surface area contributed by atoms with Crippen molar-refractivity contribution in [3.8, 4) is 0 Å². The molecule has 5 nitrogen and oxygen atoms in total. The summed E-state index contributed by atoms with van der Waals surface area (Å²) in [6.45, 7) is 7.89. The number of esters is 1. The molecule has 1 atom stereocenters. The third kappa shape index (κ3) is 3.11. The number of carbonyl (C=O) groups excluding carboxylic acids is 1. The van der Waals surface area contributed by atoms with Gasteiger partial charge in [0.2, 0.25) is 0 Å². The molecular formula is C13H20N2O3. The number of nitrogens with one attached hydrogen (secondary N) is 1. The van der Waals surface area contributed by atoms with Crippen LogP contribution in [0.4, 0.5) is 0 Å². The maximum absolute atomic E-state index is 11.7. The number of piperazine rings is 1. The molecule has 1 N–H and O–H groups in total. The fourth-order valence-corrected chi connectivity index (χ4v) is 2.21. The van der Waals surface area contributed by atoms with Gasteiger partial charge in [-0.15, -0.1) is 0 Å². The number of furan rings is 1. The third-order valence-electron chi connectivity index (χ3n) is 3.06. The highest BCUT2D eigenvalue weighted by molar-refractivity contribution is 5.90. The van der Waals surface area contributed by atoms with Crippen LogP contribution in [0.2, 0.25) is 0 Å². The molecule has 2 rings (SSSR count). The second kappa shape index (κ2) is 6.02. The van der Waals surface area contributed by atoms with Crippen LogP contribution in [0.15, 0.2) is 16.7 Å². The van der Waals surface area contributed by atoms with E-state index < -0.39 is 0 Å². The molecule has 18 heavy (non-hydrogen) atoms. The van der Waals surface area contributed by atoms with Crippen LogP contribution in [0.1, 0.15) is 30.0 Å². The normalized spacial score (nSPS) is 20.9. The van der Waals surface area contributed by atoms with Crippen LogP contribution in [0.5, 0.6) is 0 Å². The number of hydrogen-bond acceptors (Lipinski definition) is 5. The molecular weight excluding hydrogens is 232 g/mol. The Morgan fingerprint density at radius 1 is 1.67 bits per heavy atom. The molecule has 1 saturated heterocycles. The predicted molar refractivity (Wildman–Crippen MR) is 67.4 cm³/mol. The Morgan fingerprint density at radius 3 is 3.22 bits per heavy atom. The molecule has 1 fully saturated rings. The van der Waals surface area contributed by atoms with Crippen LogP contribution in [0.3, 0.4) is 0 Å². The number of rotatable bonds is 4. The first kappa shape index (κ1) is 13.1. The van der Waals surface area contributed by atoms with Crippen molar-refractivity contribution in [3.63, 3.8) is 0 Å². The van der Waals surface area contributed by atoms with Crippen molar-refractivity contribution in [2.75, 3.05) is 26.2 Å². The molecule has 0 aromatic carbocycles. The second-order valence-electron chi connectivity index (χ2n) is 4.57. The highest BCUT2D eigenvalue weighted by atomic mass is 16.5. The Kier molecular flexibility index (Phi) is 4.38. The van der Waals surface area contributed by atoms with E-state index in [2.05, 4.69) is 17.1 Å². The molecule has 0 aliphatic carbocycles. The van der Waals surface area contributed by atoms with Gasteiger partial charge < -0.3 is 14.5 Å². The standard InChI is InChI=1S/C13H20N2O3/c1-3-17-13(16)11-4-7-18-12(11)9-15-6-5-14-10(2)8-15/h4,7,10,14H,3,5-6,8-9H2,1-2H3. The monoisotopic (exact) mass is 252 g/mol. The Bertz CT molecular complexity index is 403. The van der Waals surface area contributed by atoms with Gasteiger partial charge in [-0.3, -0.25) is 4.90 Å². The van der Waals surface area contributed by atoms with E-state index in [-0.39, 0.29) is 5.97 Å². The fourth-order valence-electron chi connectivity index (χ4n) is 2.21. The zero-order valence-corrected chi connectivity index (χ0v) is 10.9. The Hall–Kier alpha value is -1.33. The van der Waals surface area contributed by atoms with Gasteiger partial charge in [0.05, 0.1) is 19.4 Å². The summed E-state index contributed by atoms with van der Waals surface area (Å²) >= 11 is 0. The highest BCUT2D eigenvalue weighted by Gasteiger charge is 2.21. The van der Waals surface area contributed by atoms with Gasteiger partial charge in [-0.05, 0) is 19.9 Å². The number of carbonyl (C=O) groups is 1. The van der Waals surface area contributed by atoms with Crippen molar-refractivity contribution < 1.29 is 13.9 Å². The first-order valence-electron chi connectivity index (χ1n) is 6.40. The topological polar surface area (TPSA) is 54.7 Å². The van der Waals surface area contributed by atoms with Gasteiger partial charge in [-0.1, -0.05) is 0 Å². The smallest absolute Gasteiger partial charge is 0.341 e. The van der Waals surface area contributed by atoms with Gasteiger partial charge in [-0.2, -0.15) is 0 Å². The summed E-state index contributed by atoms with van der Waals surface area (Å²) in [5, 5.41) is 3.39. The molecule has 100 valence electrons. The minimum absolute atomic E-state index is 0.301. The van der Waals surface area contributed by atoms with Gasteiger partial charge >= 0.3 is 5.97 Å². The predicted octanol–water partition coefficient (Wildman–Crippen LogP) is 1.25. The molecule has 0 saturated carbocycles. The number of hydrogen-bond donors (Lipinski definition) is 1. The fraction of sp³-hybridized carbons (Fsp3) is 0.615. The van der Waals surface area contributed by atoms with Crippen molar-refractivity contribution in [1.29, 1.82) is 0 Å². The SMILES string of the molecule is CCOC(=O)c1ccoc1CN1CCNC(C)C1. The summed E-state index contributed by atoms with van der Waals surface area (Å²) < 4.78 is 10.4. The minimum Gasteiger partial charge on any atom is -0.467 e. The van der Waals surface area contributed by atoms with Gasteiger partial charge in [0.25, 0.3) is 0 Å². The zero-order chi connectivity index (χ0) is 13.0. The van der Waals surface area contributed by atoms with Crippen molar-refractivity contribution in [2.24, 2.45) is 0 Å². The lowest BCUT2D eigenvalue weighted by Crippen LogP contribution is -2.48. The number of ether oxygens (including phenoxy) is 1. The molecule has 1 aromatic rings. The van der Waals surface area contributed by atoms with Crippen molar-refractivity contribution in [2.45, 2.75) is 26.4 Å². The number of nitrogens with zero attached hydrogens (tertiary/aromatic N) is 1. The van der Waals surface area contributed by atoms with Crippen LogP contribution in [-0.4, -0.2) is 43.2 Å². The largest absolute Gasteiger partial charge is 0.467 e. The summed E-state index contributed by atoms with van der Waals surface area (Å²) in [4.78, 5) is 14.0. The Morgan fingerprint density at radius 2 is 2.50 bits per heavy atom. The Balaban J connectivity index is 2.00. The molecule has 1 aromatic heterocycles. The van der Waals surface area contributed by atoms with E-state index in [0.717, 1.165) is 19.6 Å². The quantitative estimate of drug-likeness (QED) is 0.817. The van der Waals surface area contributed by atoms with E-state index in [1.165, 1.54) is 0 Å². The molecule has 0 amide bonds. The molecule has 5 heteroatoms. The summed E-state index contributed by atoms with van der Waals surface area (Å²) in [5.41, 5.74) is 0.544. The molecule has 1 aliphatic heterocycles. The molecule has 0 bridgehead atoms. The van der Waals surface area contributed by atoms with E-state index in [4.69, 9.17) is 9.15 Å². The summed E-state index contributed by atoms with van der Waals surface area (Å²) in [6, 6.07) is 2.15. The van der Waals surface area contributed by atoms with Crippen LogP contribution < -0.4 is 5.32 Å². The van der Waals surface area contributed by atoms with Crippen molar-refractivity contribution in [1.82, 2.24) is 10.2 Å². The van der Waals surface area contributed by atoms with E-state index in [9.17, 15) is 4.79 Å². The van der Waals surface area contributed by atoms with E-state index in [1.807, 2.05) is 0 Å². The minimum atomic E-state index is -0.301. The van der Waals surface area contributed by atoms with E-state index >= 15 is 0 Å². The van der Waals surface area contributed by atoms with Gasteiger partial charge in [0.1, 0.15) is 11.3 Å². The lowest BCUT2D eigenvalue weighted by atomic mass is 10.2. The average molecular weight is 252 g/mol. The van der Waals surface area contributed by atoms with E-state index in [1.54, 1.807) is 19.3 Å². The third-order valence-corrected chi connectivity index (χ3v) is 3.06. The average Bonchev–Trinajstić information content (AvgIpc) is 2.77. The van der Waals surface area contributed by atoms with Crippen molar-refractivity contribution in [3.05, 3.63) is 23.7 Å². The molecule has 0 radical (unpaired) electrons. The lowest BCUT2D eigenvalue weighted by molar-refractivity contribution is 0.0521. The van der Waals surface area contributed by atoms with Crippen LogP contribution in [0.25, 0.3) is 0 Å². The van der Waals surface area contributed by atoms with Gasteiger partial charge in [0, 0.05) is 25.7 Å². The Labute approximate surface area is 107 Å². The van der Waals surface area contributed by atoms with Crippen LogP contribution in [-0.2, 0) is 11.3 Å². The zero-order valence-electron chi connectivity index (χ0n) is 10.9. The molecule has 2 heterocycles. The van der Waals surface area contributed by atoms with Crippen LogP contribution in [0, 0.1) is 0 Å². The second-order valence-corrected chi connectivity index (χ2v) is 4.57. The summed E-state index contributed by atoms with van der Waals surface area (Å²) in [7, 11) is 0. The highest BCUT2D eigenvalue weighted by Crippen LogP contribution is 2.15. The first-order valence-corrected chi connectivity index (χ1v) is 6.40. The van der Waals surface area contributed by atoms with Gasteiger partial charge in [-0.25, -0.2) is 4.79 Å². The van der Waals surface area contributed by atoms with E-state index in [0.29, 0.717) is 30.5 Å². The maximum Gasteiger partial charge on any atom is 0.341 e. The van der Waals surface area contributed by atoms with Crippen LogP contribution >= 0.6 is 0 Å². The maximum atomic E-state index is 11.7. The van der Waals surface area contributed by atoms with Crippen molar-refractivity contribution >= 4 is 5.97 Å². The lowest BCUT2D eigenvalue weighted by Gasteiger charge is -2.31. The summed E-state index contributed by atoms with van der Waals surface area (Å²) in [6.07, 6.45) is 1.55. The molecule has 1 aliphatic rings. The molecule has 0 spiro atoms. The summed E-state index contributed by atoms with van der Waals surface area (Å²) in [5.74, 6) is 0.395.